The van der Waals surface area contributed by atoms with Crippen LogP contribution in [-0.4, -0.2) is 40.3 Å². The molecule has 5 nitrogen and oxygen atoms in total. The maximum absolute atomic E-state index is 12.1. The lowest BCUT2D eigenvalue weighted by Gasteiger charge is -2.35. The lowest BCUT2D eigenvalue weighted by molar-refractivity contribution is -0.154. The molecule has 0 N–H and O–H groups in total. The molecule has 2 rings (SSSR count). The minimum atomic E-state index is -0.440. The lowest BCUT2D eigenvalue weighted by atomic mass is 9.95. The molecule has 1 aromatic heterocycles. The summed E-state index contributed by atoms with van der Waals surface area (Å²) >= 11 is 0. The number of ether oxygens (including phenoxy) is 1. The minimum Gasteiger partial charge on any atom is -0.468 e. The molecule has 1 saturated carbocycles. The van der Waals surface area contributed by atoms with Crippen molar-refractivity contribution in [2.24, 2.45) is 7.05 Å². The SMILES string of the molecule is COC(=O)C1(N(C)Cc2cnn(C)c2)CCCC1. The number of nitrogens with zero attached hydrogens (tertiary/aromatic N) is 3. The summed E-state index contributed by atoms with van der Waals surface area (Å²) < 4.78 is 6.78. The van der Waals surface area contributed by atoms with Crippen molar-refractivity contribution in [2.75, 3.05) is 14.2 Å². The van der Waals surface area contributed by atoms with Crippen LogP contribution in [0, 0.1) is 0 Å². The molecule has 1 aromatic rings. The number of likely N-dealkylation sites (N-methyl/N-ethyl adjacent to an activating group) is 1. The van der Waals surface area contributed by atoms with E-state index in [2.05, 4.69) is 10.00 Å². The molecule has 0 radical (unpaired) electrons. The normalized spacial score (nSPS) is 18.2. The van der Waals surface area contributed by atoms with E-state index in [-0.39, 0.29) is 5.97 Å². The third kappa shape index (κ3) is 2.27. The Balaban J connectivity index is 2.13. The first kappa shape index (κ1) is 13.1. The molecule has 0 aromatic carbocycles. The smallest absolute Gasteiger partial charge is 0.326 e. The van der Waals surface area contributed by atoms with Crippen molar-refractivity contribution in [2.45, 2.75) is 37.8 Å². The number of hydrogen-bond acceptors (Lipinski definition) is 4. The number of hydrogen-bond donors (Lipinski definition) is 0. The zero-order valence-corrected chi connectivity index (χ0v) is 11.3. The van der Waals surface area contributed by atoms with E-state index in [0.29, 0.717) is 0 Å². The van der Waals surface area contributed by atoms with Crippen molar-refractivity contribution in [1.82, 2.24) is 14.7 Å². The first-order valence-corrected chi connectivity index (χ1v) is 6.36. The third-order valence-corrected chi connectivity index (χ3v) is 3.90. The average Bonchev–Trinajstić information content (AvgIpc) is 2.98. The second kappa shape index (κ2) is 5.10. The molecular weight excluding hydrogens is 230 g/mol. The number of methoxy groups -OCH3 is 1. The quantitative estimate of drug-likeness (QED) is 0.758. The fourth-order valence-corrected chi connectivity index (χ4v) is 2.87. The van der Waals surface area contributed by atoms with E-state index >= 15 is 0 Å². The Morgan fingerprint density at radius 1 is 1.56 bits per heavy atom. The molecule has 5 heteroatoms. The van der Waals surface area contributed by atoms with Crippen molar-refractivity contribution in [1.29, 1.82) is 0 Å². The monoisotopic (exact) mass is 251 g/mol. The van der Waals surface area contributed by atoms with Crippen molar-refractivity contribution in [3.63, 3.8) is 0 Å². The predicted octanol–water partition coefficient (Wildman–Crippen LogP) is 1.34. The van der Waals surface area contributed by atoms with Crippen molar-refractivity contribution >= 4 is 5.97 Å². The molecule has 0 bridgehead atoms. The number of esters is 1. The zero-order chi connectivity index (χ0) is 13.2. The highest BCUT2D eigenvalue weighted by Crippen LogP contribution is 2.36. The number of aryl methyl sites for hydroxylation is 1. The van der Waals surface area contributed by atoms with Gasteiger partial charge < -0.3 is 4.74 Å². The minimum absolute atomic E-state index is 0.105. The van der Waals surface area contributed by atoms with E-state index in [0.717, 1.165) is 37.8 Å². The Morgan fingerprint density at radius 3 is 2.72 bits per heavy atom. The van der Waals surface area contributed by atoms with Gasteiger partial charge in [0.1, 0.15) is 5.54 Å². The fraction of sp³-hybridized carbons (Fsp3) is 0.692. The van der Waals surface area contributed by atoms with Crippen LogP contribution in [0.3, 0.4) is 0 Å². The summed E-state index contributed by atoms with van der Waals surface area (Å²) in [5.41, 5.74) is 0.681. The summed E-state index contributed by atoms with van der Waals surface area (Å²) in [5, 5.41) is 4.16. The van der Waals surface area contributed by atoms with Gasteiger partial charge >= 0.3 is 5.97 Å². The van der Waals surface area contributed by atoms with Gasteiger partial charge in [-0.05, 0) is 19.9 Å². The average molecular weight is 251 g/mol. The van der Waals surface area contributed by atoms with E-state index in [1.807, 2.05) is 26.5 Å². The van der Waals surface area contributed by atoms with Gasteiger partial charge in [-0.2, -0.15) is 5.10 Å². The largest absolute Gasteiger partial charge is 0.468 e. The molecule has 1 fully saturated rings. The Hall–Kier alpha value is -1.36. The molecule has 0 amide bonds. The second-order valence-corrected chi connectivity index (χ2v) is 5.11. The van der Waals surface area contributed by atoms with Gasteiger partial charge in [0.15, 0.2) is 0 Å². The summed E-state index contributed by atoms with van der Waals surface area (Å²) in [6.07, 6.45) is 7.78. The Bertz CT molecular complexity index is 422. The van der Waals surface area contributed by atoms with E-state index in [9.17, 15) is 4.79 Å². The van der Waals surface area contributed by atoms with Crippen LogP contribution in [0.25, 0.3) is 0 Å². The molecule has 18 heavy (non-hydrogen) atoms. The van der Waals surface area contributed by atoms with Gasteiger partial charge in [0, 0.05) is 25.4 Å². The van der Waals surface area contributed by atoms with Crippen LogP contribution in [0.4, 0.5) is 0 Å². The van der Waals surface area contributed by atoms with E-state index in [1.54, 1.807) is 4.68 Å². The van der Waals surface area contributed by atoms with Gasteiger partial charge in [-0.25, -0.2) is 0 Å². The molecule has 1 aliphatic rings. The van der Waals surface area contributed by atoms with Crippen LogP contribution >= 0.6 is 0 Å². The second-order valence-electron chi connectivity index (χ2n) is 5.11. The first-order chi connectivity index (χ1) is 8.58. The van der Waals surface area contributed by atoms with E-state index < -0.39 is 5.54 Å². The Kier molecular flexibility index (Phi) is 3.71. The number of aromatic nitrogens is 2. The van der Waals surface area contributed by atoms with Crippen LogP contribution in [0.5, 0.6) is 0 Å². The molecule has 0 unspecified atom stereocenters. The van der Waals surface area contributed by atoms with Gasteiger partial charge in [-0.3, -0.25) is 14.4 Å². The Labute approximate surface area is 108 Å². The van der Waals surface area contributed by atoms with Crippen molar-refractivity contribution < 1.29 is 9.53 Å². The van der Waals surface area contributed by atoms with E-state index in [4.69, 9.17) is 4.74 Å². The molecular formula is C13H21N3O2. The number of rotatable bonds is 4. The summed E-state index contributed by atoms with van der Waals surface area (Å²) in [7, 11) is 5.37. The van der Waals surface area contributed by atoms with Gasteiger partial charge in [-0.1, -0.05) is 12.8 Å². The maximum atomic E-state index is 12.1. The molecule has 0 saturated heterocycles. The van der Waals surface area contributed by atoms with Crippen LogP contribution in [0.1, 0.15) is 31.2 Å². The highest BCUT2D eigenvalue weighted by Gasteiger charge is 2.45. The zero-order valence-electron chi connectivity index (χ0n) is 11.3. The molecule has 1 heterocycles. The summed E-state index contributed by atoms with van der Waals surface area (Å²) in [6.45, 7) is 0.725. The summed E-state index contributed by atoms with van der Waals surface area (Å²) in [5.74, 6) is -0.105. The van der Waals surface area contributed by atoms with Crippen LogP contribution < -0.4 is 0 Å². The molecule has 1 aliphatic carbocycles. The highest BCUT2D eigenvalue weighted by atomic mass is 16.5. The standard InChI is InChI=1S/C13H21N3O2/c1-15(9-11-8-14-16(2)10-11)13(12(17)18-3)6-4-5-7-13/h8,10H,4-7,9H2,1-3H3. The number of carbonyl (C=O) groups is 1. The number of carbonyl (C=O) groups excluding carboxylic acids is 1. The predicted molar refractivity (Wildman–Crippen MR) is 67.9 cm³/mol. The van der Waals surface area contributed by atoms with Gasteiger partial charge in [-0.15, -0.1) is 0 Å². The third-order valence-electron chi connectivity index (χ3n) is 3.90. The fourth-order valence-electron chi connectivity index (χ4n) is 2.87. The molecule has 0 atom stereocenters. The molecule has 100 valence electrons. The topological polar surface area (TPSA) is 47.4 Å². The van der Waals surface area contributed by atoms with Gasteiger partial charge in [0.25, 0.3) is 0 Å². The van der Waals surface area contributed by atoms with Gasteiger partial charge in [0.2, 0.25) is 0 Å². The van der Waals surface area contributed by atoms with Crippen LogP contribution in [0.2, 0.25) is 0 Å². The maximum Gasteiger partial charge on any atom is 0.326 e. The summed E-state index contributed by atoms with van der Waals surface area (Å²) in [4.78, 5) is 14.2. The Morgan fingerprint density at radius 2 is 2.22 bits per heavy atom. The van der Waals surface area contributed by atoms with E-state index in [1.165, 1.54) is 7.11 Å². The van der Waals surface area contributed by atoms with Crippen molar-refractivity contribution in [3.8, 4) is 0 Å². The van der Waals surface area contributed by atoms with Crippen molar-refractivity contribution in [3.05, 3.63) is 18.0 Å². The van der Waals surface area contributed by atoms with Crippen LogP contribution in [-0.2, 0) is 23.1 Å². The first-order valence-electron chi connectivity index (χ1n) is 6.36. The highest BCUT2D eigenvalue weighted by molar-refractivity contribution is 5.81. The van der Waals surface area contributed by atoms with Crippen LogP contribution in [0.15, 0.2) is 12.4 Å². The summed E-state index contributed by atoms with van der Waals surface area (Å²) in [6, 6.07) is 0. The van der Waals surface area contributed by atoms with Gasteiger partial charge in [0.05, 0.1) is 13.3 Å². The molecule has 0 aliphatic heterocycles. The lowest BCUT2D eigenvalue weighted by Crippen LogP contribution is -2.51. The molecule has 0 spiro atoms.